The molecule has 3 heteroatoms. The summed E-state index contributed by atoms with van der Waals surface area (Å²) in [6.07, 6.45) is 0. The largest absolute Gasteiger partial charge is 0.272 e. The Morgan fingerprint density at radius 3 is 2.39 bits per heavy atom. The van der Waals surface area contributed by atoms with E-state index in [1.165, 1.54) is 10.9 Å². The average molecular weight is 308 g/mol. The van der Waals surface area contributed by atoms with E-state index in [9.17, 15) is 4.79 Å². The Hall–Kier alpha value is -2.29. The van der Waals surface area contributed by atoms with Crippen LogP contribution in [0.15, 0.2) is 48.7 Å². The van der Waals surface area contributed by atoms with Gasteiger partial charge in [0.15, 0.2) is 0 Å². The fraction of sp³-hybridized carbons (Fsp3) is 0.350. The highest BCUT2D eigenvalue weighted by Crippen LogP contribution is 2.39. The molecule has 2 aromatic carbocycles. The molecule has 0 unspecified atom stereocenters. The predicted molar refractivity (Wildman–Crippen MR) is 96.2 cm³/mol. The van der Waals surface area contributed by atoms with Gasteiger partial charge in [-0.1, -0.05) is 57.7 Å². The molecule has 0 spiro atoms. The number of hydrogen-bond donors (Lipinski definition) is 1. The van der Waals surface area contributed by atoms with Crippen molar-refractivity contribution >= 4 is 22.4 Å². The highest BCUT2D eigenvalue weighted by atomic mass is 16.2. The number of hydrazine groups is 1. The number of nitrogens with one attached hydrogen (secondary N) is 1. The first-order valence-electron chi connectivity index (χ1n) is 7.96. The Morgan fingerprint density at radius 1 is 1.13 bits per heavy atom. The van der Waals surface area contributed by atoms with E-state index in [1.54, 1.807) is 0 Å². The molecule has 23 heavy (non-hydrogen) atoms. The van der Waals surface area contributed by atoms with Crippen LogP contribution in [0.4, 0.5) is 5.69 Å². The molecule has 0 atom stereocenters. The third kappa shape index (κ3) is 2.40. The quantitative estimate of drug-likeness (QED) is 0.839. The van der Waals surface area contributed by atoms with Crippen LogP contribution in [0.3, 0.4) is 0 Å². The second-order valence-electron chi connectivity index (χ2n) is 7.81. The lowest BCUT2D eigenvalue weighted by molar-refractivity contribution is -0.125. The standard InChI is InChI=1S/C20H24N2O/c1-13-20(5,6)18(23)21-22(13)17-9-7-8-14-12-15(19(2,3)4)10-11-16(14)17/h7-12H,1H2,2-6H3,(H,21,23). The first kappa shape index (κ1) is 15.6. The summed E-state index contributed by atoms with van der Waals surface area (Å²) in [5, 5.41) is 4.10. The molecule has 3 nitrogen and oxygen atoms in total. The Kier molecular flexibility index (Phi) is 3.29. The highest BCUT2D eigenvalue weighted by Gasteiger charge is 2.42. The van der Waals surface area contributed by atoms with E-state index in [1.807, 2.05) is 31.0 Å². The monoisotopic (exact) mass is 308 g/mol. The van der Waals surface area contributed by atoms with Crippen LogP contribution in [0.25, 0.3) is 10.8 Å². The van der Waals surface area contributed by atoms with Crippen molar-refractivity contribution in [2.45, 2.75) is 40.0 Å². The number of hydrogen-bond acceptors (Lipinski definition) is 2. The maximum atomic E-state index is 12.2. The van der Waals surface area contributed by atoms with Gasteiger partial charge in [-0.25, -0.2) is 0 Å². The van der Waals surface area contributed by atoms with Gasteiger partial charge in [-0.05, 0) is 36.3 Å². The molecule has 1 fully saturated rings. The second kappa shape index (κ2) is 4.85. The zero-order chi connectivity index (χ0) is 17.0. The maximum absolute atomic E-state index is 12.2. The minimum atomic E-state index is -0.590. The van der Waals surface area contributed by atoms with E-state index >= 15 is 0 Å². The summed E-state index contributed by atoms with van der Waals surface area (Å²) in [6, 6.07) is 12.7. The SMILES string of the molecule is C=C1N(c2cccc3cc(C(C)(C)C)ccc23)NC(=O)C1(C)C. The van der Waals surface area contributed by atoms with E-state index in [-0.39, 0.29) is 11.3 Å². The van der Waals surface area contributed by atoms with Gasteiger partial charge in [-0.3, -0.25) is 15.2 Å². The van der Waals surface area contributed by atoms with Crippen LogP contribution in [0, 0.1) is 5.41 Å². The lowest BCUT2D eigenvalue weighted by Gasteiger charge is -2.24. The van der Waals surface area contributed by atoms with Crippen LogP contribution >= 0.6 is 0 Å². The predicted octanol–water partition coefficient (Wildman–Crippen LogP) is 4.53. The van der Waals surface area contributed by atoms with Crippen molar-refractivity contribution in [3.63, 3.8) is 0 Å². The number of rotatable bonds is 1. The Morgan fingerprint density at radius 2 is 1.83 bits per heavy atom. The summed E-state index contributed by atoms with van der Waals surface area (Å²) in [7, 11) is 0. The van der Waals surface area contributed by atoms with Crippen LogP contribution in [0.2, 0.25) is 0 Å². The molecule has 3 rings (SSSR count). The van der Waals surface area contributed by atoms with Gasteiger partial charge in [0, 0.05) is 11.1 Å². The zero-order valence-corrected chi connectivity index (χ0v) is 14.5. The molecule has 0 aliphatic carbocycles. The fourth-order valence-electron chi connectivity index (χ4n) is 2.85. The van der Waals surface area contributed by atoms with Gasteiger partial charge in [0.25, 0.3) is 0 Å². The molecule has 0 bridgehead atoms. The number of carbonyl (C=O) groups is 1. The van der Waals surface area contributed by atoms with Gasteiger partial charge in [-0.15, -0.1) is 0 Å². The number of amides is 1. The van der Waals surface area contributed by atoms with Crippen molar-refractivity contribution in [1.82, 2.24) is 5.43 Å². The molecule has 1 heterocycles. The average Bonchev–Trinajstić information content (AvgIpc) is 2.68. The molecule has 1 aliphatic rings. The first-order chi connectivity index (χ1) is 10.6. The van der Waals surface area contributed by atoms with Crippen LogP contribution in [-0.4, -0.2) is 5.91 Å². The Labute approximate surface area is 138 Å². The number of carbonyl (C=O) groups excluding carboxylic acids is 1. The molecule has 1 N–H and O–H groups in total. The molecule has 0 aromatic heterocycles. The molecule has 1 amide bonds. The van der Waals surface area contributed by atoms with Gasteiger partial charge in [0.2, 0.25) is 5.91 Å². The summed E-state index contributed by atoms with van der Waals surface area (Å²) < 4.78 is 0. The number of benzene rings is 2. The molecular formula is C20H24N2O. The van der Waals surface area contributed by atoms with Crippen molar-refractivity contribution in [1.29, 1.82) is 0 Å². The van der Waals surface area contributed by atoms with Gasteiger partial charge in [0.1, 0.15) is 0 Å². The molecule has 0 radical (unpaired) electrons. The third-order valence-electron chi connectivity index (χ3n) is 4.74. The second-order valence-corrected chi connectivity index (χ2v) is 7.81. The minimum absolute atomic E-state index is 0.0224. The van der Waals surface area contributed by atoms with E-state index < -0.39 is 5.41 Å². The van der Waals surface area contributed by atoms with Gasteiger partial charge >= 0.3 is 0 Å². The smallest absolute Gasteiger partial charge is 0.250 e. The van der Waals surface area contributed by atoms with E-state index in [0.29, 0.717) is 0 Å². The Balaban J connectivity index is 2.13. The highest BCUT2D eigenvalue weighted by molar-refractivity contribution is 5.99. The fourth-order valence-corrected chi connectivity index (χ4v) is 2.85. The molecule has 120 valence electrons. The summed E-state index contributed by atoms with van der Waals surface area (Å²) >= 11 is 0. The number of anilines is 1. The van der Waals surface area contributed by atoms with Gasteiger partial charge in [0.05, 0.1) is 11.1 Å². The van der Waals surface area contributed by atoms with Crippen molar-refractivity contribution in [2.24, 2.45) is 5.41 Å². The van der Waals surface area contributed by atoms with Crippen molar-refractivity contribution < 1.29 is 4.79 Å². The molecule has 1 saturated heterocycles. The van der Waals surface area contributed by atoms with Gasteiger partial charge in [-0.2, -0.15) is 0 Å². The van der Waals surface area contributed by atoms with Gasteiger partial charge < -0.3 is 0 Å². The first-order valence-corrected chi connectivity index (χ1v) is 7.96. The Bertz CT molecular complexity index is 812. The van der Waals surface area contributed by atoms with E-state index in [0.717, 1.165) is 16.8 Å². The van der Waals surface area contributed by atoms with Crippen LogP contribution in [-0.2, 0) is 10.2 Å². The summed E-state index contributed by atoms with van der Waals surface area (Å²) in [4.78, 5) is 12.2. The lowest BCUT2D eigenvalue weighted by atomic mass is 9.85. The molecule has 0 saturated carbocycles. The molecule has 2 aromatic rings. The van der Waals surface area contributed by atoms with Crippen molar-refractivity contribution in [3.05, 3.63) is 54.2 Å². The zero-order valence-electron chi connectivity index (χ0n) is 14.5. The number of fused-ring (bicyclic) bond motifs is 1. The maximum Gasteiger partial charge on any atom is 0.250 e. The minimum Gasteiger partial charge on any atom is -0.272 e. The molecular weight excluding hydrogens is 284 g/mol. The summed E-state index contributed by atoms with van der Waals surface area (Å²) in [5.74, 6) is -0.0224. The van der Waals surface area contributed by atoms with Crippen molar-refractivity contribution in [3.8, 4) is 0 Å². The van der Waals surface area contributed by atoms with E-state index in [2.05, 4.69) is 57.0 Å². The van der Waals surface area contributed by atoms with Crippen LogP contribution < -0.4 is 10.4 Å². The topological polar surface area (TPSA) is 32.3 Å². The van der Waals surface area contributed by atoms with Crippen molar-refractivity contribution in [2.75, 3.05) is 5.01 Å². The summed E-state index contributed by atoms with van der Waals surface area (Å²) in [5.41, 5.74) is 5.50. The third-order valence-corrected chi connectivity index (χ3v) is 4.74. The normalized spacial score (nSPS) is 17.7. The molecule has 1 aliphatic heterocycles. The van der Waals surface area contributed by atoms with Crippen LogP contribution in [0.5, 0.6) is 0 Å². The van der Waals surface area contributed by atoms with E-state index in [4.69, 9.17) is 0 Å². The lowest BCUT2D eigenvalue weighted by Crippen LogP contribution is -2.32. The van der Waals surface area contributed by atoms with Crippen LogP contribution in [0.1, 0.15) is 40.2 Å². The summed E-state index contributed by atoms with van der Waals surface area (Å²) in [6.45, 7) is 14.5. The number of nitrogens with zero attached hydrogens (tertiary/aromatic N) is 1.